The van der Waals surface area contributed by atoms with Gasteiger partial charge in [-0.15, -0.1) is 0 Å². The molecule has 0 aliphatic heterocycles. The first kappa shape index (κ1) is 22.6. The summed E-state index contributed by atoms with van der Waals surface area (Å²) in [5, 5.41) is 14.2. The third kappa shape index (κ3) is 5.44. The van der Waals surface area contributed by atoms with Crippen molar-refractivity contribution in [1.82, 2.24) is 4.98 Å². The quantitative estimate of drug-likeness (QED) is 0.229. The van der Waals surface area contributed by atoms with Crippen LogP contribution in [0.15, 0.2) is 60.7 Å². The molecule has 0 fully saturated rings. The van der Waals surface area contributed by atoms with E-state index in [-0.39, 0.29) is 5.69 Å². The molecule has 0 spiro atoms. The van der Waals surface area contributed by atoms with Gasteiger partial charge in [-0.25, -0.2) is 0 Å². The summed E-state index contributed by atoms with van der Waals surface area (Å²) in [6, 6.07) is 18.2. The number of para-hydroxylation sites is 1. The van der Waals surface area contributed by atoms with Gasteiger partial charge in [-0.2, -0.15) is 0 Å². The average molecular weight is 518 g/mol. The molecule has 3 N–H and O–H groups in total. The van der Waals surface area contributed by atoms with Gasteiger partial charge in [0.1, 0.15) is 0 Å². The summed E-state index contributed by atoms with van der Waals surface area (Å²) in [5.41, 5.74) is 2.46. The predicted octanol–water partition coefficient (Wildman–Crippen LogP) is 4.22. The van der Waals surface area contributed by atoms with E-state index in [9.17, 15) is 17.9 Å². The first-order valence-corrected chi connectivity index (χ1v) is 15.0. The van der Waals surface area contributed by atoms with Gasteiger partial charge < -0.3 is 0 Å². The summed E-state index contributed by atoms with van der Waals surface area (Å²) in [7, 11) is -3.60. The Morgan fingerprint density at radius 2 is 1.88 bits per heavy atom. The number of benzene rings is 3. The average Bonchev–Trinajstić information content (AvgIpc) is 3.11. The van der Waals surface area contributed by atoms with Crippen LogP contribution in [0.2, 0.25) is 10.4 Å². The Labute approximate surface area is 192 Å². The van der Waals surface area contributed by atoms with Gasteiger partial charge >= 0.3 is 193 Å². The molecule has 0 saturated carbocycles. The van der Waals surface area contributed by atoms with Crippen LogP contribution in [0, 0.1) is 5.82 Å². The van der Waals surface area contributed by atoms with Crippen molar-refractivity contribution >= 4 is 53.3 Å². The van der Waals surface area contributed by atoms with Crippen LogP contribution in [0.5, 0.6) is 5.75 Å². The summed E-state index contributed by atoms with van der Waals surface area (Å²) >= 11 is -0.495. The maximum absolute atomic E-state index is 13.8. The fraction of sp³-hybridized carbons (Fsp3) is 0.217. The molecule has 0 aliphatic rings. The van der Waals surface area contributed by atoms with Crippen LogP contribution in [0.25, 0.3) is 21.8 Å². The summed E-state index contributed by atoms with van der Waals surface area (Å²) in [6.07, 6.45) is 0.191. The molecule has 6 nitrogen and oxygen atoms in total. The van der Waals surface area contributed by atoms with Gasteiger partial charge in [0.15, 0.2) is 0 Å². The molecular formula is C23H24AsFN2O4S. The number of aliphatic hydroxyl groups is 1. The fourth-order valence-corrected chi connectivity index (χ4v) is 6.12. The molecule has 168 valence electrons. The van der Waals surface area contributed by atoms with Crippen LogP contribution in [-0.2, 0) is 10.0 Å². The molecule has 4 rings (SSSR count). The van der Waals surface area contributed by atoms with Crippen LogP contribution in [0.4, 0.5) is 10.1 Å². The second kappa shape index (κ2) is 9.53. The van der Waals surface area contributed by atoms with Crippen LogP contribution in [0.3, 0.4) is 0 Å². The molecule has 0 radical (unpaired) electrons. The number of hydrogen-bond donors (Lipinski definition) is 3. The van der Waals surface area contributed by atoms with Gasteiger partial charge in [-0.3, -0.25) is 0 Å². The van der Waals surface area contributed by atoms with Gasteiger partial charge in [0.2, 0.25) is 0 Å². The first-order chi connectivity index (χ1) is 15.3. The topological polar surface area (TPSA) is 91.4 Å². The van der Waals surface area contributed by atoms with E-state index in [2.05, 4.69) is 21.8 Å². The number of hydrogen-bond acceptors (Lipinski definition) is 4. The number of sulfonamides is 1. The summed E-state index contributed by atoms with van der Waals surface area (Å²) in [4.78, 5) is 3.40. The van der Waals surface area contributed by atoms with Gasteiger partial charge in [-0.1, -0.05) is 0 Å². The van der Waals surface area contributed by atoms with Crippen molar-refractivity contribution in [2.45, 2.75) is 16.5 Å². The molecule has 9 heteroatoms. The molecule has 1 aromatic heterocycles. The van der Waals surface area contributed by atoms with Crippen molar-refractivity contribution in [2.24, 2.45) is 0 Å². The van der Waals surface area contributed by atoms with E-state index < -0.39 is 37.7 Å². The normalized spacial score (nSPS) is 13.2. The number of aromatic amines is 1. The number of anilines is 1. The minimum absolute atomic E-state index is 0.153. The Hall–Kier alpha value is -2.54. The Kier molecular flexibility index (Phi) is 6.74. The van der Waals surface area contributed by atoms with E-state index in [1.165, 1.54) is 17.5 Å². The summed E-state index contributed by atoms with van der Waals surface area (Å²) < 4.78 is 44.6. The first-order valence-electron chi connectivity index (χ1n) is 10.1. The summed E-state index contributed by atoms with van der Waals surface area (Å²) in [6.45, 7) is 0.558. The van der Waals surface area contributed by atoms with Crippen molar-refractivity contribution in [3.63, 3.8) is 0 Å². The van der Waals surface area contributed by atoms with Crippen molar-refractivity contribution in [2.75, 3.05) is 17.6 Å². The zero-order valence-electron chi connectivity index (χ0n) is 17.4. The summed E-state index contributed by atoms with van der Waals surface area (Å²) in [5.74, 6) is 0.119. The van der Waals surface area contributed by atoms with Gasteiger partial charge in [0.25, 0.3) is 0 Å². The fourth-order valence-electron chi connectivity index (χ4n) is 3.55. The molecule has 2 unspecified atom stereocenters. The molecule has 1 heterocycles. The van der Waals surface area contributed by atoms with Crippen molar-refractivity contribution in [3.8, 4) is 5.75 Å². The molecule has 0 saturated heterocycles. The zero-order chi connectivity index (χ0) is 22.7. The number of fused-ring (bicyclic) bond motifs is 3. The number of aromatic nitrogens is 1. The standard InChI is InChI=1S/C23H24AsFN2O4S/c1-32(29,30)27-22-12-15(6-9-19(22)25)23(28)14-24-10-11-31-16-7-8-18-17-4-2-3-5-20(17)26-21(18)13-16/h2-9,12-13,23-24,26-28H,10-11,14H2,1H3. The predicted molar refractivity (Wildman–Crippen MR) is 128 cm³/mol. The molecule has 32 heavy (non-hydrogen) atoms. The SMILES string of the molecule is CS(=O)(=O)Nc1cc(C(O)C[AsH]CCOc2ccc3c(c2)[nH]c2ccccc23)ccc1F. The third-order valence-electron chi connectivity index (χ3n) is 5.03. The Bertz CT molecular complexity index is 1360. The van der Waals surface area contributed by atoms with E-state index in [4.69, 9.17) is 4.74 Å². The van der Waals surface area contributed by atoms with Crippen LogP contribution < -0.4 is 9.46 Å². The van der Waals surface area contributed by atoms with Gasteiger partial charge in [-0.05, 0) is 0 Å². The third-order valence-corrected chi connectivity index (χ3v) is 8.21. The monoisotopic (exact) mass is 518 g/mol. The van der Waals surface area contributed by atoms with E-state index in [0.29, 0.717) is 17.4 Å². The van der Waals surface area contributed by atoms with E-state index in [0.717, 1.165) is 39.7 Å². The van der Waals surface area contributed by atoms with E-state index >= 15 is 0 Å². The molecule has 0 aliphatic carbocycles. The van der Waals surface area contributed by atoms with Gasteiger partial charge in [0.05, 0.1) is 0 Å². The van der Waals surface area contributed by atoms with Crippen LogP contribution >= 0.6 is 0 Å². The zero-order valence-corrected chi connectivity index (χ0v) is 20.3. The number of aliphatic hydroxyl groups excluding tert-OH is 1. The van der Waals surface area contributed by atoms with E-state index in [1.807, 2.05) is 30.3 Å². The minimum atomic E-state index is -3.60. The second-order valence-corrected chi connectivity index (χ2v) is 12.3. The maximum atomic E-state index is 13.8. The van der Waals surface area contributed by atoms with E-state index in [1.54, 1.807) is 0 Å². The molecule has 2 atom stereocenters. The van der Waals surface area contributed by atoms with Crippen LogP contribution in [0.1, 0.15) is 11.7 Å². The molecule has 3 aromatic carbocycles. The number of ether oxygens (including phenoxy) is 1. The van der Waals surface area contributed by atoms with Gasteiger partial charge in [0, 0.05) is 0 Å². The van der Waals surface area contributed by atoms with Crippen molar-refractivity contribution < 1.29 is 22.7 Å². The molecular weight excluding hydrogens is 494 g/mol. The number of rotatable bonds is 9. The number of nitrogens with one attached hydrogen (secondary N) is 2. The Balaban J connectivity index is 1.29. The Morgan fingerprint density at radius 3 is 2.69 bits per heavy atom. The molecule has 0 bridgehead atoms. The second-order valence-electron chi connectivity index (χ2n) is 7.56. The molecule has 0 amide bonds. The Morgan fingerprint density at radius 1 is 1.09 bits per heavy atom. The van der Waals surface area contributed by atoms with Crippen molar-refractivity contribution in [3.05, 3.63) is 72.0 Å². The number of halogens is 1. The number of H-pyrrole nitrogens is 1. The van der Waals surface area contributed by atoms with Crippen LogP contribution in [-0.4, -0.2) is 47.1 Å². The van der Waals surface area contributed by atoms with Crippen molar-refractivity contribution in [1.29, 1.82) is 0 Å². The molecule has 4 aromatic rings.